The molecule has 0 aliphatic rings. The first kappa shape index (κ1) is 20.7. The van der Waals surface area contributed by atoms with Crippen molar-refractivity contribution < 1.29 is 18.9 Å². The van der Waals surface area contributed by atoms with E-state index in [9.17, 15) is 24.1 Å². The Labute approximate surface area is 160 Å². The Balaban J connectivity index is 1.99. The highest BCUT2D eigenvalue weighted by Gasteiger charge is 2.24. The number of carbonyl (C=O) groups excluding carboxylic acids is 2. The van der Waals surface area contributed by atoms with Gasteiger partial charge in [0.25, 0.3) is 17.5 Å². The average molecular weight is 386 g/mol. The maximum absolute atomic E-state index is 13.0. The zero-order chi connectivity index (χ0) is 20.7. The molecule has 0 spiro atoms. The molecule has 0 aromatic heterocycles. The van der Waals surface area contributed by atoms with Gasteiger partial charge in [-0.15, -0.1) is 0 Å². The number of nitro groups is 1. The Morgan fingerprint density at radius 2 is 1.71 bits per heavy atom. The molecule has 146 valence electrons. The topological polar surface area (TPSA) is 114 Å². The van der Waals surface area contributed by atoms with Crippen molar-refractivity contribution in [2.24, 2.45) is 11.0 Å². The predicted molar refractivity (Wildman–Crippen MR) is 101 cm³/mol. The average Bonchev–Trinajstić information content (AvgIpc) is 2.66. The fraction of sp³-hybridized carbons (Fsp3) is 0.211. The van der Waals surface area contributed by atoms with Crippen LogP contribution in [0.15, 0.2) is 53.6 Å². The van der Waals surface area contributed by atoms with Crippen LogP contribution in [0.2, 0.25) is 0 Å². The first-order chi connectivity index (χ1) is 13.3. The van der Waals surface area contributed by atoms with Crippen LogP contribution in [0.4, 0.5) is 10.1 Å². The van der Waals surface area contributed by atoms with Crippen molar-refractivity contribution >= 4 is 23.7 Å². The van der Waals surface area contributed by atoms with Crippen molar-refractivity contribution in [1.82, 2.24) is 10.7 Å². The maximum atomic E-state index is 13.0. The van der Waals surface area contributed by atoms with E-state index in [0.29, 0.717) is 5.56 Å². The fourth-order valence-electron chi connectivity index (χ4n) is 2.28. The third kappa shape index (κ3) is 5.70. The lowest BCUT2D eigenvalue weighted by Crippen LogP contribution is -2.48. The van der Waals surface area contributed by atoms with Gasteiger partial charge in [-0.3, -0.25) is 19.7 Å². The molecule has 0 bridgehead atoms. The van der Waals surface area contributed by atoms with Crippen LogP contribution < -0.4 is 10.7 Å². The number of rotatable bonds is 7. The second kappa shape index (κ2) is 9.36. The normalized spacial score (nSPS) is 12.0. The summed E-state index contributed by atoms with van der Waals surface area (Å²) in [5.41, 5.74) is 3.07. The van der Waals surface area contributed by atoms with Crippen LogP contribution in [0, 0.1) is 21.8 Å². The lowest BCUT2D eigenvalue weighted by atomic mass is 10.0. The summed E-state index contributed by atoms with van der Waals surface area (Å²) in [4.78, 5) is 34.7. The number of nitro benzene ring substituents is 1. The van der Waals surface area contributed by atoms with E-state index in [4.69, 9.17) is 0 Å². The Morgan fingerprint density at radius 1 is 1.11 bits per heavy atom. The molecule has 9 heteroatoms. The van der Waals surface area contributed by atoms with Crippen molar-refractivity contribution in [2.75, 3.05) is 0 Å². The second-order valence-corrected chi connectivity index (χ2v) is 6.28. The summed E-state index contributed by atoms with van der Waals surface area (Å²) in [6.45, 7) is 3.52. The van der Waals surface area contributed by atoms with Crippen molar-refractivity contribution in [3.63, 3.8) is 0 Å². The lowest BCUT2D eigenvalue weighted by molar-refractivity contribution is -0.384. The molecule has 0 radical (unpaired) electrons. The summed E-state index contributed by atoms with van der Waals surface area (Å²) in [6.07, 6.45) is 1.33. The van der Waals surface area contributed by atoms with E-state index in [0.717, 1.165) is 12.1 Å². The Bertz CT molecular complexity index is 880. The van der Waals surface area contributed by atoms with E-state index < -0.39 is 28.6 Å². The van der Waals surface area contributed by atoms with Crippen molar-refractivity contribution in [3.05, 3.63) is 75.6 Å². The number of nitrogens with one attached hydrogen (secondary N) is 2. The molecular formula is C19H19FN4O4. The van der Waals surface area contributed by atoms with E-state index in [1.807, 2.05) is 0 Å². The lowest BCUT2D eigenvalue weighted by Gasteiger charge is -2.20. The largest absolute Gasteiger partial charge is 0.340 e. The quantitative estimate of drug-likeness (QED) is 0.432. The molecule has 2 aromatic carbocycles. The van der Waals surface area contributed by atoms with E-state index in [1.165, 1.54) is 42.6 Å². The number of hydrogen-bond donors (Lipinski definition) is 2. The van der Waals surface area contributed by atoms with Gasteiger partial charge in [0.2, 0.25) is 0 Å². The monoisotopic (exact) mass is 386 g/mol. The van der Waals surface area contributed by atoms with Gasteiger partial charge in [0.15, 0.2) is 0 Å². The van der Waals surface area contributed by atoms with Gasteiger partial charge in [-0.2, -0.15) is 5.10 Å². The minimum absolute atomic E-state index is 0.0513. The summed E-state index contributed by atoms with van der Waals surface area (Å²) >= 11 is 0. The highest BCUT2D eigenvalue weighted by Crippen LogP contribution is 2.10. The minimum Gasteiger partial charge on any atom is -0.340 e. The standard InChI is InChI=1S/C19H19FN4O4/c1-12(2)17(22-18(25)14-5-7-15(20)8-6-14)19(26)23-21-11-13-3-9-16(10-4-13)24(27)28/h3-12,17H,1-2H3,(H,22,25)(H,23,26)/b21-11+. The van der Waals surface area contributed by atoms with Crippen LogP contribution in [0.25, 0.3) is 0 Å². The molecule has 0 aliphatic carbocycles. The molecular weight excluding hydrogens is 367 g/mol. The zero-order valence-corrected chi connectivity index (χ0v) is 15.3. The number of amides is 2. The van der Waals surface area contributed by atoms with Gasteiger partial charge in [0, 0.05) is 17.7 Å². The molecule has 1 unspecified atom stereocenters. The second-order valence-electron chi connectivity index (χ2n) is 6.28. The summed E-state index contributed by atoms with van der Waals surface area (Å²) in [7, 11) is 0. The molecule has 0 saturated heterocycles. The molecule has 28 heavy (non-hydrogen) atoms. The van der Waals surface area contributed by atoms with Crippen LogP contribution in [0.3, 0.4) is 0 Å². The highest BCUT2D eigenvalue weighted by molar-refractivity contribution is 5.97. The zero-order valence-electron chi connectivity index (χ0n) is 15.3. The van der Waals surface area contributed by atoms with Crippen LogP contribution in [0.1, 0.15) is 29.8 Å². The number of nitrogens with zero attached hydrogens (tertiary/aromatic N) is 2. The smallest absolute Gasteiger partial charge is 0.269 e. The van der Waals surface area contributed by atoms with Crippen LogP contribution >= 0.6 is 0 Å². The number of hydrogen-bond acceptors (Lipinski definition) is 5. The minimum atomic E-state index is -0.855. The molecule has 0 aliphatic heterocycles. The highest BCUT2D eigenvalue weighted by atomic mass is 19.1. The van der Waals surface area contributed by atoms with Gasteiger partial charge in [0.1, 0.15) is 11.9 Å². The van der Waals surface area contributed by atoms with Gasteiger partial charge in [-0.25, -0.2) is 9.82 Å². The van der Waals surface area contributed by atoms with E-state index >= 15 is 0 Å². The molecule has 0 heterocycles. The summed E-state index contributed by atoms with van der Waals surface area (Å²) in [6, 6.07) is 9.74. The van der Waals surface area contributed by atoms with Crippen molar-refractivity contribution in [2.45, 2.75) is 19.9 Å². The van der Waals surface area contributed by atoms with E-state index in [-0.39, 0.29) is 17.2 Å². The molecule has 2 rings (SSSR count). The maximum Gasteiger partial charge on any atom is 0.269 e. The number of non-ortho nitro benzene ring substituents is 1. The summed E-state index contributed by atoms with van der Waals surface area (Å²) in [5, 5.41) is 17.0. The molecule has 1 atom stereocenters. The number of hydrazone groups is 1. The molecule has 2 N–H and O–H groups in total. The molecule has 0 fully saturated rings. The Morgan fingerprint density at radius 3 is 2.25 bits per heavy atom. The third-order valence-electron chi connectivity index (χ3n) is 3.83. The predicted octanol–water partition coefficient (Wildman–Crippen LogP) is 2.64. The van der Waals surface area contributed by atoms with Crippen LogP contribution in [-0.4, -0.2) is 29.0 Å². The summed E-state index contributed by atoms with van der Waals surface area (Å²) in [5.74, 6) is -1.72. The van der Waals surface area contributed by atoms with Gasteiger partial charge < -0.3 is 5.32 Å². The van der Waals surface area contributed by atoms with Gasteiger partial charge in [-0.05, 0) is 47.9 Å². The number of benzene rings is 2. The molecule has 0 saturated carbocycles. The summed E-state index contributed by atoms with van der Waals surface area (Å²) < 4.78 is 13.0. The Kier molecular flexibility index (Phi) is 6.91. The van der Waals surface area contributed by atoms with E-state index in [2.05, 4.69) is 15.8 Å². The molecule has 2 amide bonds. The van der Waals surface area contributed by atoms with Gasteiger partial charge in [-0.1, -0.05) is 13.8 Å². The number of carbonyl (C=O) groups is 2. The first-order valence-corrected chi connectivity index (χ1v) is 8.41. The molecule has 2 aromatic rings. The van der Waals surface area contributed by atoms with Crippen molar-refractivity contribution in [3.8, 4) is 0 Å². The molecule has 8 nitrogen and oxygen atoms in total. The number of halogens is 1. The van der Waals surface area contributed by atoms with E-state index in [1.54, 1.807) is 13.8 Å². The van der Waals surface area contributed by atoms with Crippen LogP contribution in [-0.2, 0) is 4.79 Å². The third-order valence-corrected chi connectivity index (χ3v) is 3.83. The van der Waals surface area contributed by atoms with Gasteiger partial charge in [0.05, 0.1) is 11.1 Å². The Hall–Kier alpha value is -3.62. The van der Waals surface area contributed by atoms with Crippen molar-refractivity contribution in [1.29, 1.82) is 0 Å². The fourth-order valence-corrected chi connectivity index (χ4v) is 2.28. The van der Waals surface area contributed by atoms with Gasteiger partial charge >= 0.3 is 0 Å². The van der Waals surface area contributed by atoms with Crippen LogP contribution in [0.5, 0.6) is 0 Å². The SMILES string of the molecule is CC(C)C(NC(=O)c1ccc(F)cc1)C(=O)N/N=C/c1ccc([N+](=O)[O-])cc1. The first-order valence-electron chi connectivity index (χ1n) is 8.41.